The summed E-state index contributed by atoms with van der Waals surface area (Å²) in [5, 5.41) is -0.512. The number of hydrogen-bond donors (Lipinski definition) is 0. The van der Waals surface area contributed by atoms with Gasteiger partial charge in [-0.1, -0.05) is 108 Å². The zero-order valence-corrected chi connectivity index (χ0v) is 17.5. The zero-order chi connectivity index (χ0) is 17.7. The summed E-state index contributed by atoms with van der Waals surface area (Å²) in [6.45, 7) is 10.7. The molecule has 1 atom stereocenters. The maximum atomic E-state index is 13.6. The van der Waals surface area contributed by atoms with E-state index in [1.165, 1.54) is 49.3 Å². The van der Waals surface area contributed by atoms with Crippen molar-refractivity contribution < 1.29 is 8.78 Å². The number of hydrogen-bond acceptors (Lipinski definition) is 2. The number of rotatable bonds is 14. The zero-order valence-electron chi connectivity index (χ0n) is 15.9. The molecule has 0 spiro atoms. The van der Waals surface area contributed by atoms with Crippen LogP contribution in [0.3, 0.4) is 0 Å². The van der Waals surface area contributed by atoms with Crippen LogP contribution in [0.5, 0.6) is 0 Å². The van der Waals surface area contributed by atoms with Crippen molar-refractivity contribution in [3.8, 4) is 0 Å². The van der Waals surface area contributed by atoms with Gasteiger partial charge in [0.2, 0.25) is 0 Å². The second-order valence-electron chi connectivity index (χ2n) is 7.55. The molecule has 0 bridgehead atoms. The fourth-order valence-corrected chi connectivity index (χ4v) is 5.50. The van der Waals surface area contributed by atoms with Gasteiger partial charge in [-0.15, -0.1) is 0 Å². The van der Waals surface area contributed by atoms with Crippen LogP contribution >= 0.6 is 21.6 Å². The number of halogens is 2. The Morgan fingerprint density at radius 2 is 1.26 bits per heavy atom. The summed E-state index contributed by atoms with van der Waals surface area (Å²) < 4.78 is 27.3. The minimum absolute atomic E-state index is 0.0345. The lowest BCUT2D eigenvalue weighted by Gasteiger charge is -2.28. The molecule has 0 aromatic rings. The molecule has 0 nitrogen and oxygen atoms in total. The Hall–Kier alpha value is 0.560. The highest BCUT2D eigenvalue weighted by molar-refractivity contribution is 8.77. The molecule has 0 aromatic heterocycles. The second-order valence-corrected chi connectivity index (χ2v) is 10.8. The van der Waals surface area contributed by atoms with Crippen LogP contribution in [0, 0.1) is 5.92 Å². The predicted octanol–water partition coefficient (Wildman–Crippen LogP) is 8.36. The molecule has 1 unspecified atom stereocenters. The van der Waals surface area contributed by atoms with Crippen LogP contribution in [0.15, 0.2) is 0 Å². The minimum atomic E-state index is -2.21. The quantitative estimate of drug-likeness (QED) is 0.223. The molecule has 0 rings (SSSR count). The first-order chi connectivity index (χ1) is 10.8. The normalized spacial score (nSPS) is 14.0. The van der Waals surface area contributed by atoms with E-state index in [-0.39, 0.29) is 10.7 Å². The Balaban J connectivity index is 4.57. The molecule has 0 aliphatic heterocycles. The van der Waals surface area contributed by atoms with Gasteiger partial charge in [0.05, 0.1) is 5.25 Å². The summed E-state index contributed by atoms with van der Waals surface area (Å²) in [4.78, 5) is 0. The topological polar surface area (TPSA) is 0 Å². The molecule has 0 radical (unpaired) electrons. The highest BCUT2D eigenvalue weighted by atomic mass is 33.1. The number of alkyl halides is 2. The largest absolute Gasteiger partial charge is 0.251 e. The van der Waals surface area contributed by atoms with E-state index >= 15 is 0 Å². The Morgan fingerprint density at radius 1 is 0.783 bits per heavy atom. The standard InChI is InChI=1S/C19H38F2S2/c1-6-8-10-12-14-16(15-13-11-9-7-2)17(18(20)21)22-23-19(3,4)5/h16-18H,6-15H2,1-5H3. The Kier molecular flexibility index (Phi) is 14.1. The van der Waals surface area contributed by atoms with Crippen molar-refractivity contribution >= 4 is 21.6 Å². The molecule has 23 heavy (non-hydrogen) atoms. The fourth-order valence-electron chi connectivity index (χ4n) is 2.67. The van der Waals surface area contributed by atoms with E-state index in [0.29, 0.717) is 0 Å². The molecule has 0 aliphatic rings. The third kappa shape index (κ3) is 13.5. The van der Waals surface area contributed by atoms with Crippen molar-refractivity contribution in [3.05, 3.63) is 0 Å². The molecule has 0 aliphatic carbocycles. The molecule has 0 amide bonds. The minimum Gasteiger partial charge on any atom is -0.209 e. The SMILES string of the molecule is CCCCCCC(CCCCCC)C(SSC(C)(C)C)C(F)F. The Labute approximate surface area is 151 Å². The molecule has 0 N–H and O–H groups in total. The molecule has 0 saturated heterocycles. The first kappa shape index (κ1) is 23.6. The molecule has 0 fully saturated rings. The lowest BCUT2D eigenvalue weighted by molar-refractivity contribution is 0.117. The second kappa shape index (κ2) is 13.8. The Morgan fingerprint density at radius 3 is 1.61 bits per heavy atom. The van der Waals surface area contributed by atoms with Gasteiger partial charge in [-0.2, -0.15) is 0 Å². The van der Waals surface area contributed by atoms with Gasteiger partial charge in [0, 0.05) is 4.75 Å². The van der Waals surface area contributed by atoms with Crippen molar-refractivity contribution in [2.75, 3.05) is 0 Å². The number of unbranched alkanes of at least 4 members (excludes halogenated alkanes) is 6. The van der Waals surface area contributed by atoms with Crippen LogP contribution < -0.4 is 0 Å². The third-order valence-electron chi connectivity index (χ3n) is 3.98. The molecule has 140 valence electrons. The van der Waals surface area contributed by atoms with Gasteiger partial charge in [-0.05, 0) is 18.8 Å². The van der Waals surface area contributed by atoms with Crippen LogP contribution in [0.1, 0.15) is 98.8 Å². The van der Waals surface area contributed by atoms with E-state index in [4.69, 9.17) is 0 Å². The average Bonchev–Trinajstić information content (AvgIpc) is 2.45. The van der Waals surface area contributed by atoms with E-state index in [2.05, 4.69) is 34.6 Å². The molecule has 0 saturated carbocycles. The summed E-state index contributed by atoms with van der Waals surface area (Å²) >= 11 is 0. The maximum Gasteiger partial charge on any atom is 0.251 e. The lowest BCUT2D eigenvalue weighted by atomic mass is 9.91. The molecular weight excluding hydrogens is 330 g/mol. The van der Waals surface area contributed by atoms with Crippen molar-refractivity contribution in [1.82, 2.24) is 0 Å². The van der Waals surface area contributed by atoms with Crippen molar-refractivity contribution in [3.63, 3.8) is 0 Å². The lowest BCUT2D eigenvalue weighted by Crippen LogP contribution is -2.25. The van der Waals surface area contributed by atoms with E-state index in [1.54, 1.807) is 10.8 Å². The first-order valence-corrected chi connectivity index (χ1v) is 11.7. The first-order valence-electron chi connectivity index (χ1n) is 9.44. The van der Waals surface area contributed by atoms with Crippen LogP contribution in [0.4, 0.5) is 8.78 Å². The summed E-state index contributed by atoms with van der Waals surface area (Å²) in [7, 11) is 3.06. The van der Waals surface area contributed by atoms with Crippen LogP contribution in [-0.4, -0.2) is 16.4 Å². The van der Waals surface area contributed by atoms with Crippen molar-refractivity contribution in [2.24, 2.45) is 5.92 Å². The fraction of sp³-hybridized carbons (Fsp3) is 1.00. The van der Waals surface area contributed by atoms with Crippen LogP contribution in [-0.2, 0) is 0 Å². The third-order valence-corrected chi connectivity index (χ3v) is 7.84. The summed E-state index contributed by atoms with van der Waals surface area (Å²) in [6, 6.07) is 0. The van der Waals surface area contributed by atoms with Crippen molar-refractivity contribution in [2.45, 2.75) is 115 Å². The smallest absolute Gasteiger partial charge is 0.209 e. The maximum absolute atomic E-state index is 13.6. The highest BCUT2D eigenvalue weighted by Gasteiger charge is 2.31. The summed E-state index contributed by atoms with van der Waals surface area (Å²) in [5.41, 5.74) is 0. The van der Waals surface area contributed by atoms with Gasteiger partial charge >= 0.3 is 0 Å². The van der Waals surface area contributed by atoms with E-state index in [9.17, 15) is 8.78 Å². The summed E-state index contributed by atoms with van der Waals surface area (Å²) in [6.07, 6.45) is 9.19. The molecule has 0 heterocycles. The van der Waals surface area contributed by atoms with Gasteiger partial charge in [-0.3, -0.25) is 0 Å². The average molecular weight is 369 g/mol. The van der Waals surface area contributed by atoms with Crippen LogP contribution in [0.25, 0.3) is 0 Å². The van der Waals surface area contributed by atoms with Gasteiger partial charge in [-0.25, -0.2) is 8.78 Å². The van der Waals surface area contributed by atoms with E-state index < -0.39 is 11.7 Å². The Bertz CT molecular complexity index is 253. The van der Waals surface area contributed by atoms with Gasteiger partial charge in [0.1, 0.15) is 0 Å². The monoisotopic (exact) mass is 368 g/mol. The molecular formula is C19H38F2S2. The molecule has 0 aromatic carbocycles. The summed E-state index contributed by atoms with van der Waals surface area (Å²) in [5.74, 6) is 0.170. The highest BCUT2D eigenvalue weighted by Crippen LogP contribution is 2.44. The van der Waals surface area contributed by atoms with Gasteiger partial charge in [0.15, 0.2) is 0 Å². The van der Waals surface area contributed by atoms with Gasteiger partial charge < -0.3 is 0 Å². The predicted molar refractivity (Wildman–Crippen MR) is 106 cm³/mol. The van der Waals surface area contributed by atoms with E-state index in [1.807, 2.05) is 0 Å². The van der Waals surface area contributed by atoms with Gasteiger partial charge in [0.25, 0.3) is 6.43 Å². The van der Waals surface area contributed by atoms with Crippen molar-refractivity contribution in [1.29, 1.82) is 0 Å². The van der Waals surface area contributed by atoms with E-state index in [0.717, 1.165) is 25.7 Å². The molecule has 4 heteroatoms. The van der Waals surface area contributed by atoms with Crippen LogP contribution in [0.2, 0.25) is 0 Å².